The molecule has 0 radical (unpaired) electrons. The van der Waals surface area contributed by atoms with E-state index in [1.54, 1.807) is 0 Å². The van der Waals surface area contributed by atoms with Crippen LogP contribution < -0.4 is 0 Å². The third-order valence-corrected chi connectivity index (χ3v) is 8.94. The van der Waals surface area contributed by atoms with Gasteiger partial charge in [-0.05, 0) is 51.4 Å². The summed E-state index contributed by atoms with van der Waals surface area (Å²) in [5.41, 5.74) is 0. The van der Waals surface area contributed by atoms with Crippen molar-refractivity contribution in [3.63, 3.8) is 0 Å². The van der Waals surface area contributed by atoms with Crippen molar-refractivity contribution in [1.82, 2.24) is 0 Å². The van der Waals surface area contributed by atoms with Gasteiger partial charge < -0.3 is 4.48 Å². The summed E-state index contributed by atoms with van der Waals surface area (Å²) in [4.78, 5) is 0. The first kappa shape index (κ1) is 37.0. The fraction of sp³-hybridized carbons (Fsp3) is 1.00. The summed E-state index contributed by atoms with van der Waals surface area (Å²) in [6.45, 7) is 15.3. The third-order valence-electron chi connectivity index (χ3n) is 8.94. The molecule has 0 aliphatic carbocycles. The Kier molecular flexibility index (Phi) is 30.5. The lowest BCUT2D eigenvalue weighted by Gasteiger charge is -2.39. The second-order valence-electron chi connectivity index (χ2n) is 12.7. The maximum atomic E-state index is 2.36. The zero-order valence-electron chi connectivity index (χ0n) is 27.1. The zero-order valence-corrected chi connectivity index (χ0v) is 27.1. The van der Waals surface area contributed by atoms with Crippen molar-refractivity contribution < 1.29 is 4.48 Å². The van der Waals surface area contributed by atoms with E-state index in [-0.39, 0.29) is 0 Å². The second kappa shape index (κ2) is 30.5. The van der Waals surface area contributed by atoms with Gasteiger partial charge in [0.2, 0.25) is 0 Å². The molecule has 0 aliphatic rings. The number of unbranched alkanes of at least 4 members (excludes halogenated alkanes) is 24. The van der Waals surface area contributed by atoms with Gasteiger partial charge in [-0.25, -0.2) is 0 Å². The van der Waals surface area contributed by atoms with Gasteiger partial charge in [-0.2, -0.15) is 0 Å². The number of nitrogens with zero attached hydrogens (tertiary/aromatic N) is 1. The molecule has 0 atom stereocenters. The van der Waals surface area contributed by atoms with Crippen LogP contribution in [-0.4, -0.2) is 30.7 Å². The lowest BCUT2D eigenvalue weighted by Crippen LogP contribution is -2.50. The standard InChI is InChI=1S/C36H76N/c1-5-9-13-17-19-21-23-25-27-31-35-37(33-29-15-11-7-3,34-30-16-12-8-4)36-32-28-26-24-22-20-18-14-10-6-2/h5-36H2,1-4H3/q+1. The Morgan fingerprint density at radius 3 is 0.595 bits per heavy atom. The normalized spacial score (nSPS) is 12.0. The highest BCUT2D eigenvalue weighted by atomic mass is 15.3. The first-order chi connectivity index (χ1) is 18.2. The van der Waals surface area contributed by atoms with E-state index in [0.717, 1.165) is 0 Å². The van der Waals surface area contributed by atoms with Crippen LogP contribution in [0.1, 0.15) is 207 Å². The Labute approximate surface area is 237 Å². The Morgan fingerprint density at radius 1 is 0.216 bits per heavy atom. The number of hydrogen-bond acceptors (Lipinski definition) is 0. The van der Waals surface area contributed by atoms with Gasteiger partial charge in [0.25, 0.3) is 0 Å². The Hall–Kier alpha value is -0.0400. The smallest absolute Gasteiger partial charge is 0.0786 e. The molecule has 1 heteroatoms. The van der Waals surface area contributed by atoms with E-state index in [1.807, 2.05) is 0 Å². The highest BCUT2D eigenvalue weighted by molar-refractivity contribution is 4.55. The molecule has 37 heavy (non-hydrogen) atoms. The first-order valence-electron chi connectivity index (χ1n) is 18.1. The van der Waals surface area contributed by atoms with E-state index in [1.165, 1.54) is 210 Å². The number of rotatable bonds is 32. The number of quaternary nitrogens is 1. The Bertz CT molecular complexity index is 365. The van der Waals surface area contributed by atoms with Crippen LogP contribution in [0, 0.1) is 0 Å². The van der Waals surface area contributed by atoms with Crippen molar-refractivity contribution in [2.24, 2.45) is 0 Å². The highest BCUT2D eigenvalue weighted by Crippen LogP contribution is 2.20. The van der Waals surface area contributed by atoms with Gasteiger partial charge in [-0.3, -0.25) is 0 Å². The van der Waals surface area contributed by atoms with Crippen LogP contribution >= 0.6 is 0 Å². The average molecular weight is 523 g/mol. The zero-order chi connectivity index (χ0) is 27.1. The Morgan fingerprint density at radius 2 is 0.378 bits per heavy atom. The van der Waals surface area contributed by atoms with Crippen molar-refractivity contribution in [3.8, 4) is 0 Å². The predicted octanol–water partition coefficient (Wildman–Crippen LogP) is 12.8. The number of hydrogen-bond donors (Lipinski definition) is 0. The van der Waals surface area contributed by atoms with Gasteiger partial charge in [-0.1, -0.05) is 156 Å². The molecule has 0 aliphatic heterocycles. The monoisotopic (exact) mass is 523 g/mol. The van der Waals surface area contributed by atoms with Gasteiger partial charge in [0.15, 0.2) is 0 Å². The van der Waals surface area contributed by atoms with Crippen LogP contribution in [0.15, 0.2) is 0 Å². The highest BCUT2D eigenvalue weighted by Gasteiger charge is 2.25. The molecule has 0 aromatic carbocycles. The van der Waals surface area contributed by atoms with E-state index < -0.39 is 0 Å². The molecule has 0 unspecified atom stereocenters. The lowest BCUT2D eigenvalue weighted by molar-refractivity contribution is -0.929. The van der Waals surface area contributed by atoms with Gasteiger partial charge >= 0.3 is 0 Å². The topological polar surface area (TPSA) is 0 Å². The van der Waals surface area contributed by atoms with Crippen LogP contribution in [0.25, 0.3) is 0 Å². The maximum Gasteiger partial charge on any atom is 0.0786 e. The fourth-order valence-corrected chi connectivity index (χ4v) is 6.29. The summed E-state index contributed by atoms with van der Waals surface area (Å²) in [6, 6.07) is 0. The SMILES string of the molecule is CCCCCCCCCCCC[N+](CCCCCC)(CCCCCC)CCCCCCCCCCCC. The van der Waals surface area contributed by atoms with Crippen LogP contribution in [0.5, 0.6) is 0 Å². The van der Waals surface area contributed by atoms with Gasteiger partial charge in [-0.15, -0.1) is 0 Å². The minimum atomic E-state index is 1.37. The fourth-order valence-electron chi connectivity index (χ4n) is 6.29. The van der Waals surface area contributed by atoms with Gasteiger partial charge in [0, 0.05) is 0 Å². The molecule has 0 aromatic heterocycles. The van der Waals surface area contributed by atoms with E-state index in [0.29, 0.717) is 0 Å². The van der Waals surface area contributed by atoms with Crippen molar-refractivity contribution in [1.29, 1.82) is 0 Å². The van der Waals surface area contributed by atoms with Crippen molar-refractivity contribution in [2.75, 3.05) is 26.2 Å². The van der Waals surface area contributed by atoms with Crippen LogP contribution in [0.3, 0.4) is 0 Å². The molecule has 1 nitrogen and oxygen atoms in total. The summed E-state index contributed by atoms with van der Waals surface area (Å²) in [5, 5.41) is 0. The molecule has 0 fully saturated rings. The van der Waals surface area contributed by atoms with Crippen molar-refractivity contribution in [2.45, 2.75) is 207 Å². The quantitative estimate of drug-likeness (QED) is 0.0608. The van der Waals surface area contributed by atoms with Crippen molar-refractivity contribution in [3.05, 3.63) is 0 Å². The molecule has 224 valence electrons. The summed E-state index contributed by atoms with van der Waals surface area (Å²) < 4.78 is 1.47. The summed E-state index contributed by atoms with van der Waals surface area (Å²) >= 11 is 0. The molecule has 0 saturated carbocycles. The largest absolute Gasteiger partial charge is 0.324 e. The summed E-state index contributed by atoms with van der Waals surface area (Å²) in [7, 11) is 0. The van der Waals surface area contributed by atoms with Crippen molar-refractivity contribution >= 4 is 0 Å². The third kappa shape index (κ3) is 26.0. The van der Waals surface area contributed by atoms with E-state index in [9.17, 15) is 0 Å². The summed E-state index contributed by atoms with van der Waals surface area (Å²) in [6.07, 6.45) is 40.8. The molecular weight excluding hydrogens is 446 g/mol. The van der Waals surface area contributed by atoms with Crippen LogP contribution in [0.4, 0.5) is 0 Å². The molecule has 0 aromatic rings. The second-order valence-corrected chi connectivity index (χ2v) is 12.7. The molecule has 0 heterocycles. The molecule has 0 amide bonds. The van der Waals surface area contributed by atoms with Crippen LogP contribution in [0.2, 0.25) is 0 Å². The summed E-state index contributed by atoms with van der Waals surface area (Å²) in [5.74, 6) is 0. The maximum absolute atomic E-state index is 2.36. The molecule has 0 spiro atoms. The van der Waals surface area contributed by atoms with E-state index in [4.69, 9.17) is 0 Å². The average Bonchev–Trinajstić information content (AvgIpc) is 2.91. The Balaban J connectivity index is 4.50. The molecule has 0 rings (SSSR count). The minimum Gasteiger partial charge on any atom is -0.324 e. The lowest BCUT2D eigenvalue weighted by atomic mass is 10.0. The van der Waals surface area contributed by atoms with Gasteiger partial charge in [0.1, 0.15) is 0 Å². The molecule has 0 N–H and O–H groups in total. The predicted molar refractivity (Wildman–Crippen MR) is 172 cm³/mol. The van der Waals surface area contributed by atoms with E-state index in [2.05, 4.69) is 27.7 Å². The minimum absolute atomic E-state index is 1.37. The molecular formula is C36H76N+. The molecule has 0 bridgehead atoms. The molecule has 0 saturated heterocycles. The van der Waals surface area contributed by atoms with Gasteiger partial charge in [0.05, 0.1) is 26.2 Å². The first-order valence-corrected chi connectivity index (χ1v) is 18.1. The van der Waals surface area contributed by atoms with Crippen LogP contribution in [-0.2, 0) is 0 Å². The van der Waals surface area contributed by atoms with E-state index >= 15 is 0 Å².